The van der Waals surface area contributed by atoms with Gasteiger partial charge in [0, 0.05) is 11.6 Å². The Morgan fingerprint density at radius 1 is 1.05 bits per heavy atom. The molecule has 0 radical (unpaired) electrons. The average Bonchev–Trinajstić information content (AvgIpc) is 2.48. The summed E-state index contributed by atoms with van der Waals surface area (Å²) in [6.07, 6.45) is 0. The fourth-order valence-corrected chi connectivity index (χ4v) is 2.05. The third-order valence-corrected chi connectivity index (χ3v) is 3.20. The first-order valence-electron chi connectivity index (χ1n) is 6.74. The van der Waals surface area contributed by atoms with Crippen LogP contribution in [0.5, 0.6) is 5.75 Å². The minimum absolute atomic E-state index is 0.00813. The molecule has 2 aromatic rings. The number of methoxy groups -OCH3 is 1. The van der Waals surface area contributed by atoms with Crippen LogP contribution in [0, 0.1) is 0 Å². The largest absolute Gasteiger partial charge is 0.496 e. The van der Waals surface area contributed by atoms with Gasteiger partial charge in [-0.25, -0.2) is 0 Å². The average molecular weight is 271 g/mol. The first-order valence-corrected chi connectivity index (χ1v) is 6.74. The number of rotatable bonds is 6. The molecule has 0 aliphatic rings. The van der Waals surface area contributed by atoms with Crippen LogP contribution in [0.3, 0.4) is 0 Å². The predicted octanol–water partition coefficient (Wildman–Crippen LogP) is 3.43. The topological polar surface area (TPSA) is 44.5 Å². The number of benzene rings is 2. The van der Waals surface area contributed by atoms with Crippen LogP contribution in [0.25, 0.3) is 0 Å². The molecule has 0 bridgehead atoms. The van der Waals surface area contributed by atoms with Crippen LogP contribution < -0.4 is 10.5 Å². The minimum atomic E-state index is 0.00813. The van der Waals surface area contributed by atoms with Crippen molar-refractivity contribution < 1.29 is 9.47 Å². The quantitative estimate of drug-likeness (QED) is 0.875. The summed E-state index contributed by atoms with van der Waals surface area (Å²) in [4.78, 5) is 0. The Bertz CT molecular complexity index is 538. The van der Waals surface area contributed by atoms with Crippen molar-refractivity contribution >= 4 is 0 Å². The molecule has 0 saturated carbocycles. The molecule has 0 saturated heterocycles. The Labute approximate surface area is 120 Å². The van der Waals surface area contributed by atoms with Gasteiger partial charge in [0.1, 0.15) is 5.75 Å². The molecule has 106 valence electrons. The van der Waals surface area contributed by atoms with Gasteiger partial charge in [0.05, 0.1) is 20.3 Å². The van der Waals surface area contributed by atoms with Crippen molar-refractivity contribution in [2.24, 2.45) is 5.73 Å². The molecule has 0 aliphatic heterocycles. The van der Waals surface area contributed by atoms with E-state index in [-0.39, 0.29) is 6.04 Å². The molecule has 0 spiro atoms. The lowest BCUT2D eigenvalue weighted by Gasteiger charge is -2.13. The van der Waals surface area contributed by atoms with E-state index in [9.17, 15) is 0 Å². The molecule has 3 nitrogen and oxygen atoms in total. The second-order valence-corrected chi connectivity index (χ2v) is 4.84. The molecule has 3 heteroatoms. The van der Waals surface area contributed by atoms with Crippen LogP contribution in [0.4, 0.5) is 0 Å². The molecule has 2 aromatic carbocycles. The van der Waals surface area contributed by atoms with Gasteiger partial charge < -0.3 is 15.2 Å². The molecule has 0 aromatic heterocycles. The van der Waals surface area contributed by atoms with E-state index in [0.29, 0.717) is 13.2 Å². The summed E-state index contributed by atoms with van der Waals surface area (Å²) >= 11 is 0. The molecule has 0 heterocycles. The Morgan fingerprint density at radius 3 is 2.45 bits per heavy atom. The maximum atomic E-state index is 5.91. The highest BCUT2D eigenvalue weighted by atomic mass is 16.5. The Balaban J connectivity index is 2.02. The van der Waals surface area contributed by atoms with Crippen LogP contribution in [0.2, 0.25) is 0 Å². The van der Waals surface area contributed by atoms with Gasteiger partial charge in [-0.15, -0.1) is 0 Å². The van der Waals surface area contributed by atoms with E-state index in [2.05, 4.69) is 18.2 Å². The number of ether oxygens (including phenoxy) is 2. The second-order valence-electron chi connectivity index (χ2n) is 4.84. The molecular formula is C17H21NO2. The van der Waals surface area contributed by atoms with Crippen molar-refractivity contribution in [3.63, 3.8) is 0 Å². The van der Waals surface area contributed by atoms with Crippen LogP contribution in [-0.2, 0) is 18.0 Å². The van der Waals surface area contributed by atoms with Crippen molar-refractivity contribution in [2.75, 3.05) is 7.11 Å². The van der Waals surface area contributed by atoms with Crippen molar-refractivity contribution in [3.8, 4) is 5.75 Å². The normalized spacial score (nSPS) is 12.2. The molecule has 0 aliphatic carbocycles. The summed E-state index contributed by atoms with van der Waals surface area (Å²) in [6.45, 7) is 3.07. The maximum absolute atomic E-state index is 5.91. The van der Waals surface area contributed by atoms with Crippen LogP contribution in [-0.4, -0.2) is 7.11 Å². The molecule has 2 rings (SSSR count). The standard InChI is InChI=1S/C17H21NO2/c1-13(18)15-8-9-17(19-2)16(10-15)12-20-11-14-6-4-3-5-7-14/h3-10,13H,11-12,18H2,1-2H3. The third-order valence-electron chi connectivity index (χ3n) is 3.20. The van der Waals surface area contributed by atoms with Gasteiger partial charge in [0.2, 0.25) is 0 Å². The zero-order valence-electron chi connectivity index (χ0n) is 12.0. The Hall–Kier alpha value is -1.84. The van der Waals surface area contributed by atoms with Crippen molar-refractivity contribution in [1.29, 1.82) is 0 Å². The lowest BCUT2D eigenvalue weighted by Crippen LogP contribution is -2.06. The second kappa shape index (κ2) is 7.08. The monoisotopic (exact) mass is 271 g/mol. The summed E-state index contributed by atoms with van der Waals surface area (Å²) < 4.78 is 11.1. The molecular weight excluding hydrogens is 250 g/mol. The van der Waals surface area contributed by atoms with Crippen molar-refractivity contribution in [1.82, 2.24) is 0 Å². The number of nitrogens with two attached hydrogens (primary N) is 1. The fraction of sp³-hybridized carbons (Fsp3) is 0.294. The zero-order valence-corrected chi connectivity index (χ0v) is 12.0. The molecule has 1 atom stereocenters. The van der Waals surface area contributed by atoms with Crippen LogP contribution in [0.15, 0.2) is 48.5 Å². The summed E-state index contributed by atoms with van der Waals surface area (Å²) in [5, 5.41) is 0. The summed E-state index contributed by atoms with van der Waals surface area (Å²) in [5.41, 5.74) is 9.19. The van der Waals surface area contributed by atoms with Crippen LogP contribution in [0.1, 0.15) is 29.7 Å². The highest BCUT2D eigenvalue weighted by molar-refractivity contribution is 5.37. The van der Waals surface area contributed by atoms with E-state index >= 15 is 0 Å². The third kappa shape index (κ3) is 3.83. The lowest BCUT2D eigenvalue weighted by molar-refractivity contribution is 0.105. The van der Waals surface area contributed by atoms with Gasteiger partial charge in [0.25, 0.3) is 0 Å². The Morgan fingerprint density at radius 2 is 1.80 bits per heavy atom. The fourth-order valence-electron chi connectivity index (χ4n) is 2.05. The summed E-state index contributed by atoms with van der Waals surface area (Å²) in [6, 6.07) is 16.1. The molecule has 0 amide bonds. The van der Waals surface area contributed by atoms with Crippen molar-refractivity contribution in [3.05, 3.63) is 65.2 Å². The molecule has 2 N–H and O–H groups in total. The van der Waals surface area contributed by atoms with Gasteiger partial charge in [-0.1, -0.05) is 36.4 Å². The first-order chi connectivity index (χ1) is 9.70. The summed E-state index contributed by atoms with van der Waals surface area (Å²) in [7, 11) is 1.67. The van der Waals surface area contributed by atoms with E-state index in [4.69, 9.17) is 15.2 Å². The zero-order chi connectivity index (χ0) is 14.4. The molecule has 0 fully saturated rings. The van der Waals surface area contributed by atoms with Gasteiger partial charge in [-0.3, -0.25) is 0 Å². The van der Waals surface area contributed by atoms with E-state index < -0.39 is 0 Å². The minimum Gasteiger partial charge on any atom is -0.496 e. The summed E-state index contributed by atoms with van der Waals surface area (Å²) in [5.74, 6) is 0.836. The van der Waals surface area contributed by atoms with E-state index in [1.54, 1.807) is 7.11 Å². The first kappa shape index (κ1) is 14.6. The lowest BCUT2D eigenvalue weighted by atomic mass is 10.1. The van der Waals surface area contributed by atoms with Gasteiger partial charge in [-0.05, 0) is 30.2 Å². The SMILES string of the molecule is COc1ccc(C(C)N)cc1COCc1ccccc1. The van der Waals surface area contributed by atoms with Gasteiger partial charge in [-0.2, -0.15) is 0 Å². The Kier molecular flexibility index (Phi) is 5.16. The van der Waals surface area contributed by atoms with Gasteiger partial charge in [0.15, 0.2) is 0 Å². The highest BCUT2D eigenvalue weighted by Crippen LogP contribution is 2.23. The molecule has 20 heavy (non-hydrogen) atoms. The smallest absolute Gasteiger partial charge is 0.124 e. The number of hydrogen-bond donors (Lipinski definition) is 1. The maximum Gasteiger partial charge on any atom is 0.124 e. The van der Waals surface area contributed by atoms with Crippen LogP contribution >= 0.6 is 0 Å². The number of hydrogen-bond acceptors (Lipinski definition) is 3. The van der Waals surface area contributed by atoms with Gasteiger partial charge >= 0.3 is 0 Å². The van der Waals surface area contributed by atoms with E-state index in [0.717, 1.165) is 22.4 Å². The molecule has 1 unspecified atom stereocenters. The van der Waals surface area contributed by atoms with E-state index in [1.807, 2.05) is 37.3 Å². The highest BCUT2D eigenvalue weighted by Gasteiger charge is 2.07. The van der Waals surface area contributed by atoms with E-state index in [1.165, 1.54) is 0 Å². The predicted molar refractivity (Wildman–Crippen MR) is 80.5 cm³/mol. The van der Waals surface area contributed by atoms with Crippen molar-refractivity contribution in [2.45, 2.75) is 26.2 Å².